The summed E-state index contributed by atoms with van der Waals surface area (Å²) in [7, 11) is 0. The monoisotopic (exact) mass is 326 g/mol. The molecule has 0 aliphatic carbocycles. The van der Waals surface area contributed by atoms with E-state index >= 15 is 0 Å². The van der Waals surface area contributed by atoms with Crippen LogP contribution in [-0.4, -0.2) is 24.5 Å². The van der Waals surface area contributed by atoms with Crippen molar-refractivity contribution < 1.29 is 28.8 Å². The molecule has 0 bridgehead atoms. The summed E-state index contributed by atoms with van der Waals surface area (Å²) in [5, 5.41) is 10.2. The minimum absolute atomic E-state index is 0.112. The van der Waals surface area contributed by atoms with Crippen molar-refractivity contribution in [2.75, 3.05) is 13.6 Å². The number of rotatable bonds is 4. The van der Waals surface area contributed by atoms with Crippen molar-refractivity contribution >= 4 is 11.5 Å². The average Bonchev–Trinajstić information content (AvgIpc) is 3.22. The maximum atomic E-state index is 12.2. The highest BCUT2D eigenvalue weighted by Gasteiger charge is 2.16. The molecule has 2 aliphatic rings. The third-order valence-corrected chi connectivity index (χ3v) is 3.78. The number of hydrogen-bond donors (Lipinski definition) is 1. The van der Waals surface area contributed by atoms with Gasteiger partial charge in [-0.15, -0.1) is 0 Å². The fourth-order valence-electron chi connectivity index (χ4n) is 2.59. The summed E-state index contributed by atoms with van der Waals surface area (Å²) < 4.78 is 21.0. The maximum absolute atomic E-state index is 12.2. The average molecular weight is 326 g/mol. The van der Waals surface area contributed by atoms with E-state index in [4.69, 9.17) is 18.9 Å². The Labute approximate surface area is 137 Å². The van der Waals surface area contributed by atoms with E-state index in [-0.39, 0.29) is 31.5 Å². The first-order valence-corrected chi connectivity index (χ1v) is 7.41. The van der Waals surface area contributed by atoms with E-state index in [1.54, 1.807) is 36.4 Å². The molecule has 24 heavy (non-hydrogen) atoms. The van der Waals surface area contributed by atoms with Gasteiger partial charge in [0.2, 0.25) is 13.6 Å². The van der Waals surface area contributed by atoms with Crippen LogP contribution in [0.15, 0.2) is 42.5 Å². The van der Waals surface area contributed by atoms with Crippen LogP contribution in [0.25, 0.3) is 5.76 Å². The molecule has 0 amide bonds. The molecule has 0 saturated carbocycles. The highest BCUT2D eigenvalue weighted by molar-refractivity contribution is 5.96. The minimum atomic E-state index is -0.218. The summed E-state index contributed by atoms with van der Waals surface area (Å²) in [5.74, 6) is 2.14. The molecular weight excluding hydrogens is 312 g/mol. The molecule has 6 nitrogen and oxygen atoms in total. The number of hydrogen-bond acceptors (Lipinski definition) is 6. The van der Waals surface area contributed by atoms with Crippen LogP contribution >= 0.6 is 0 Å². The second kappa shape index (κ2) is 5.81. The van der Waals surface area contributed by atoms with Gasteiger partial charge in [0.05, 0.1) is 0 Å². The van der Waals surface area contributed by atoms with Crippen molar-refractivity contribution in [3.8, 4) is 23.0 Å². The SMILES string of the molecule is O=C(/C=C(/O)c1ccc2c(c1)OCO2)Cc1ccc2c(c1)OCO2. The lowest BCUT2D eigenvalue weighted by Gasteiger charge is -2.03. The number of aliphatic hydroxyl groups is 1. The van der Waals surface area contributed by atoms with Crippen LogP contribution < -0.4 is 18.9 Å². The number of carbonyl (C=O) groups is 1. The number of benzene rings is 2. The summed E-state index contributed by atoms with van der Waals surface area (Å²) in [5.41, 5.74) is 1.29. The third-order valence-electron chi connectivity index (χ3n) is 3.78. The molecule has 2 aromatic carbocycles. The van der Waals surface area contributed by atoms with Gasteiger partial charge in [0.15, 0.2) is 28.8 Å². The molecule has 1 N–H and O–H groups in total. The molecule has 0 saturated heterocycles. The first-order chi connectivity index (χ1) is 11.7. The van der Waals surface area contributed by atoms with Gasteiger partial charge in [-0.25, -0.2) is 0 Å². The standard InChI is InChI=1S/C18H14O6/c19-13(5-11-1-3-15-17(6-11)23-9-21-15)8-14(20)12-2-4-16-18(7-12)24-10-22-16/h1-4,6-8,20H,5,9-10H2/b14-8+. The number of aliphatic hydroxyl groups excluding tert-OH is 1. The van der Waals surface area contributed by atoms with Crippen molar-refractivity contribution in [2.45, 2.75) is 6.42 Å². The molecule has 0 aromatic heterocycles. The first kappa shape index (κ1) is 14.4. The second-order valence-corrected chi connectivity index (χ2v) is 5.43. The van der Waals surface area contributed by atoms with E-state index in [0.29, 0.717) is 28.6 Å². The summed E-state index contributed by atoms with van der Waals surface area (Å²) in [4.78, 5) is 12.2. The van der Waals surface area contributed by atoms with Gasteiger partial charge in [-0.05, 0) is 35.9 Å². The quantitative estimate of drug-likeness (QED) is 0.688. The Hall–Kier alpha value is -3.15. The predicted molar refractivity (Wildman–Crippen MR) is 84.4 cm³/mol. The fraction of sp³-hybridized carbons (Fsp3) is 0.167. The zero-order valence-electron chi connectivity index (χ0n) is 12.7. The van der Waals surface area contributed by atoms with Crippen LogP contribution in [0.2, 0.25) is 0 Å². The fourth-order valence-corrected chi connectivity index (χ4v) is 2.59. The van der Waals surface area contributed by atoms with Crippen molar-refractivity contribution in [3.05, 3.63) is 53.6 Å². The van der Waals surface area contributed by atoms with Gasteiger partial charge < -0.3 is 24.1 Å². The van der Waals surface area contributed by atoms with E-state index in [0.717, 1.165) is 5.56 Å². The van der Waals surface area contributed by atoms with Crippen LogP contribution in [0.3, 0.4) is 0 Å². The van der Waals surface area contributed by atoms with Crippen LogP contribution in [0.1, 0.15) is 11.1 Å². The Balaban J connectivity index is 1.49. The van der Waals surface area contributed by atoms with E-state index < -0.39 is 0 Å². The van der Waals surface area contributed by atoms with E-state index in [1.807, 2.05) is 0 Å². The number of ether oxygens (including phenoxy) is 4. The molecule has 0 atom stereocenters. The lowest BCUT2D eigenvalue weighted by molar-refractivity contribution is -0.114. The molecule has 0 fully saturated rings. The Morgan fingerprint density at radius 1 is 0.917 bits per heavy atom. The largest absolute Gasteiger partial charge is 0.507 e. The zero-order valence-corrected chi connectivity index (χ0v) is 12.7. The highest BCUT2D eigenvalue weighted by atomic mass is 16.7. The van der Waals surface area contributed by atoms with Crippen LogP contribution in [-0.2, 0) is 11.2 Å². The molecule has 4 rings (SSSR count). The highest BCUT2D eigenvalue weighted by Crippen LogP contribution is 2.34. The van der Waals surface area contributed by atoms with Gasteiger partial charge in [0.25, 0.3) is 0 Å². The van der Waals surface area contributed by atoms with Crippen molar-refractivity contribution in [1.29, 1.82) is 0 Å². The molecule has 0 radical (unpaired) electrons. The molecular formula is C18H14O6. The molecule has 2 aliphatic heterocycles. The number of allylic oxidation sites excluding steroid dienone is 1. The summed E-state index contributed by atoms with van der Waals surface area (Å²) in [6, 6.07) is 10.4. The number of fused-ring (bicyclic) bond motifs is 2. The molecule has 2 aromatic rings. The first-order valence-electron chi connectivity index (χ1n) is 7.41. The molecule has 122 valence electrons. The van der Waals surface area contributed by atoms with E-state index in [1.165, 1.54) is 6.08 Å². The van der Waals surface area contributed by atoms with E-state index in [9.17, 15) is 9.90 Å². The molecule has 0 unspecified atom stereocenters. The number of ketones is 1. The minimum Gasteiger partial charge on any atom is -0.507 e. The smallest absolute Gasteiger partial charge is 0.231 e. The summed E-state index contributed by atoms with van der Waals surface area (Å²) in [6.45, 7) is 0.351. The van der Waals surface area contributed by atoms with Crippen LogP contribution in [0.4, 0.5) is 0 Å². The van der Waals surface area contributed by atoms with Crippen LogP contribution in [0, 0.1) is 0 Å². The Kier molecular flexibility index (Phi) is 3.49. The molecule has 6 heteroatoms. The lowest BCUT2D eigenvalue weighted by Crippen LogP contribution is -2.00. The summed E-state index contributed by atoms with van der Waals surface area (Å²) in [6.07, 6.45) is 1.37. The normalized spacial score (nSPS) is 14.8. The van der Waals surface area contributed by atoms with Crippen LogP contribution in [0.5, 0.6) is 23.0 Å². The maximum Gasteiger partial charge on any atom is 0.231 e. The van der Waals surface area contributed by atoms with Gasteiger partial charge in [0.1, 0.15) is 5.76 Å². The molecule has 0 spiro atoms. The van der Waals surface area contributed by atoms with Gasteiger partial charge in [-0.3, -0.25) is 4.79 Å². The number of carbonyl (C=O) groups excluding carboxylic acids is 1. The third kappa shape index (κ3) is 2.74. The predicted octanol–water partition coefficient (Wildman–Crippen LogP) is 2.85. The van der Waals surface area contributed by atoms with Gasteiger partial charge >= 0.3 is 0 Å². The zero-order chi connectivity index (χ0) is 16.5. The van der Waals surface area contributed by atoms with Gasteiger partial charge in [0, 0.05) is 18.1 Å². The van der Waals surface area contributed by atoms with Crippen molar-refractivity contribution in [2.24, 2.45) is 0 Å². The Morgan fingerprint density at radius 2 is 1.54 bits per heavy atom. The Morgan fingerprint density at radius 3 is 2.29 bits per heavy atom. The molecule has 2 heterocycles. The van der Waals surface area contributed by atoms with Gasteiger partial charge in [-0.2, -0.15) is 0 Å². The van der Waals surface area contributed by atoms with Crippen molar-refractivity contribution in [1.82, 2.24) is 0 Å². The topological polar surface area (TPSA) is 74.2 Å². The van der Waals surface area contributed by atoms with E-state index in [2.05, 4.69) is 0 Å². The lowest BCUT2D eigenvalue weighted by atomic mass is 10.1. The Bertz CT molecular complexity index is 839. The van der Waals surface area contributed by atoms with Crippen molar-refractivity contribution in [3.63, 3.8) is 0 Å². The second-order valence-electron chi connectivity index (χ2n) is 5.43. The van der Waals surface area contributed by atoms with Gasteiger partial charge in [-0.1, -0.05) is 6.07 Å². The summed E-state index contributed by atoms with van der Waals surface area (Å²) >= 11 is 0.